The Labute approximate surface area is 193 Å². The van der Waals surface area contributed by atoms with Gasteiger partial charge in [-0.2, -0.15) is 0 Å². The number of benzene rings is 1. The van der Waals surface area contributed by atoms with E-state index in [2.05, 4.69) is 72.6 Å². The second-order valence-corrected chi connectivity index (χ2v) is 8.07. The topological polar surface area (TPSA) is 55.5 Å². The largest absolute Gasteiger partial charge is 0.361 e. The lowest BCUT2D eigenvalue weighted by atomic mass is 10.0. The zero-order valence-corrected chi connectivity index (χ0v) is 20.8. The fourth-order valence-corrected chi connectivity index (χ4v) is 4.14. The number of para-hydroxylation sites is 1. The molecule has 1 fully saturated rings. The van der Waals surface area contributed by atoms with E-state index in [0.29, 0.717) is 12.1 Å². The molecule has 3 N–H and O–H groups in total. The van der Waals surface area contributed by atoms with E-state index in [4.69, 9.17) is 4.99 Å². The minimum Gasteiger partial charge on any atom is -0.361 e. The normalized spacial score (nSPS) is 16.2. The molecule has 2 aromatic rings. The molecule has 162 valence electrons. The molecule has 5 nitrogen and oxygen atoms in total. The number of guanidine groups is 1. The Balaban J connectivity index is 0.00000300. The second kappa shape index (κ2) is 11.8. The van der Waals surface area contributed by atoms with Crippen LogP contribution < -0.4 is 10.6 Å². The average Bonchev–Trinajstić information content (AvgIpc) is 3.12. The van der Waals surface area contributed by atoms with Gasteiger partial charge in [0.25, 0.3) is 0 Å². The van der Waals surface area contributed by atoms with Gasteiger partial charge in [-0.1, -0.05) is 25.1 Å². The highest BCUT2D eigenvalue weighted by molar-refractivity contribution is 14.0. The summed E-state index contributed by atoms with van der Waals surface area (Å²) in [5.41, 5.74) is 4.02. The number of rotatable bonds is 7. The Morgan fingerprint density at radius 3 is 2.62 bits per heavy atom. The fourth-order valence-electron chi connectivity index (χ4n) is 4.14. The summed E-state index contributed by atoms with van der Waals surface area (Å²) < 4.78 is 0. The molecule has 3 rings (SSSR count). The number of hydrogen-bond acceptors (Lipinski definition) is 2. The lowest BCUT2D eigenvalue weighted by molar-refractivity contribution is 0.167. The van der Waals surface area contributed by atoms with Crippen molar-refractivity contribution in [3.63, 3.8) is 0 Å². The molecule has 1 aromatic heterocycles. The summed E-state index contributed by atoms with van der Waals surface area (Å²) in [5.74, 6) is 0.958. The van der Waals surface area contributed by atoms with Crippen LogP contribution in [0, 0.1) is 0 Å². The highest BCUT2D eigenvalue weighted by Crippen LogP contribution is 2.22. The number of likely N-dealkylation sites (tertiary alicyclic amines) is 1. The Kier molecular flexibility index (Phi) is 9.75. The molecule has 0 radical (unpaired) electrons. The number of aromatic amines is 1. The smallest absolute Gasteiger partial charge is 0.191 e. The first-order valence-corrected chi connectivity index (χ1v) is 11.0. The summed E-state index contributed by atoms with van der Waals surface area (Å²) in [5, 5.41) is 8.41. The molecule has 0 aliphatic carbocycles. The van der Waals surface area contributed by atoms with Crippen LogP contribution in [0.2, 0.25) is 0 Å². The average molecular weight is 511 g/mol. The van der Waals surface area contributed by atoms with Gasteiger partial charge in [0.2, 0.25) is 0 Å². The van der Waals surface area contributed by atoms with E-state index >= 15 is 0 Å². The maximum atomic E-state index is 4.85. The van der Waals surface area contributed by atoms with Crippen LogP contribution in [-0.2, 0) is 12.8 Å². The van der Waals surface area contributed by atoms with E-state index in [0.717, 1.165) is 31.9 Å². The van der Waals surface area contributed by atoms with Crippen LogP contribution in [0.5, 0.6) is 0 Å². The standard InChI is InChI=1S/C23H37N5.HI/c1-5-18-8-7-9-21-19(16-26-22(18)21)10-13-25-23(24-6-2)27-20-11-14-28(15-12-20)17(3)4;/h7-9,16-17,20,26H,5-6,10-15H2,1-4H3,(H2,24,25,27);1H. The summed E-state index contributed by atoms with van der Waals surface area (Å²) in [6.45, 7) is 12.9. The minimum absolute atomic E-state index is 0. The Morgan fingerprint density at radius 2 is 1.97 bits per heavy atom. The van der Waals surface area contributed by atoms with Crippen LogP contribution in [0.3, 0.4) is 0 Å². The van der Waals surface area contributed by atoms with Gasteiger partial charge in [0.05, 0.1) is 0 Å². The van der Waals surface area contributed by atoms with Crippen molar-refractivity contribution in [3.8, 4) is 0 Å². The number of fused-ring (bicyclic) bond motifs is 1. The molecular weight excluding hydrogens is 473 g/mol. The third-order valence-electron chi connectivity index (χ3n) is 5.86. The quantitative estimate of drug-likeness (QED) is 0.295. The highest BCUT2D eigenvalue weighted by atomic mass is 127. The first-order chi connectivity index (χ1) is 13.6. The third-order valence-corrected chi connectivity index (χ3v) is 5.86. The van der Waals surface area contributed by atoms with E-state index in [1.807, 2.05) is 0 Å². The van der Waals surface area contributed by atoms with Crippen LogP contribution in [-0.4, -0.2) is 54.1 Å². The molecule has 0 bridgehead atoms. The van der Waals surface area contributed by atoms with Crippen molar-refractivity contribution < 1.29 is 0 Å². The third kappa shape index (κ3) is 6.35. The minimum atomic E-state index is 0. The molecule has 0 spiro atoms. The van der Waals surface area contributed by atoms with Gasteiger partial charge in [-0.3, -0.25) is 4.99 Å². The zero-order valence-electron chi connectivity index (χ0n) is 18.4. The van der Waals surface area contributed by atoms with E-state index in [1.54, 1.807) is 0 Å². The van der Waals surface area contributed by atoms with Gasteiger partial charge < -0.3 is 20.5 Å². The fraction of sp³-hybridized carbons (Fsp3) is 0.609. The molecule has 1 aromatic carbocycles. The van der Waals surface area contributed by atoms with Gasteiger partial charge in [0.1, 0.15) is 0 Å². The Hall–Kier alpha value is -1.28. The number of aryl methyl sites for hydroxylation is 1. The number of aromatic nitrogens is 1. The van der Waals surface area contributed by atoms with E-state index < -0.39 is 0 Å². The summed E-state index contributed by atoms with van der Waals surface area (Å²) in [6, 6.07) is 7.76. The molecule has 0 unspecified atom stereocenters. The predicted molar refractivity (Wildman–Crippen MR) is 136 cm³/mol. The molecule has 0 amide bonds. The van der Waals surface area contributed by atoms with Crippen molar-refractivity contribution >= 4 is 40.8 Å². The number of H-pyrrole nitrogens is 1. The number of nitrogens with zero attached hydrogens (tertiary/aromatic N) is 2. The molecule has 6 heteroatoms. The molecule has 0 saturated carbocycles. The Bertz CT molecular complexity index is 775. The zero-order chi connectivity index (χ0) is 19.9. The Morgan fingerprint density at radius 1 is 1.21 bits per heavy atom. The van der Waals surface area contributed by atoms with Crippen molar-refractivity contribution in [1.29, 1.82) is 0 Å². The maximum Gasteiger partial charge on any atom is 0.191 e. The van der Waals surface area contributed by atoms with Crippen molar-refractivity contribution in [1.82, 2.24) is 20.5 Å². The summed E-state index contributed by atoms with van der Waals surface area (Å²) in [6.07, 6.45) is 6.53. The number of aliphatic imine (C=N–C) groups is 1. The van der Waals surface area contributed by atoms with Crippen LogP contribution in [0.4, 0.5) is 0 Å². The number of halogens is 1. The second-order valence-electron chi connectivity index (χ2n) is 8.07. The molecule has 1 aliphatic rings. The first-order valence-electron chi connectivity index (χ1n) is 11.0. The molecule has 1 aliphatic heterocycles. The molecular formula is C23H38IN5. The van der Waals surface area contributed by atoms with Gasteiger partial charge in [0, 0.05) is 55.4 Å². The van der Waals surface area contributed by atoms with Gasteiger partial charge in [-0.25, -0.2) is 0 Å². The maximum absolute atomic E-state index is 4.85. The van der Waals surface area contributed by atoms with E-state index in [9.17, 15) is 0 Å². The molecule has 1 saturated heterocycles. The summed E-state index contributed by atoms with van der Waals surface area (Å²) in [4.78, 5) is 10.9. The number of piperidine rings is 1. The van der Waals surface area contributed by atoms with Crippen molar-refractivity contribution in [3.05, 3.63) is 35.5 Å². The van der Waals surface area contributed by atoms with Crippen LogP contribution in [0.15, 0.2) is 29.4 Å². The van der Waals surface area contributed by atoms with Crippen molar-refractivity contribution in [2.75, 3.05) is 26.2 Å². The summed E-state index contributed by atoms with van der Waals surface area (Å²) >= 11 is 0. The lowest BCUT2D eigenvalue weighted by Gasteiger charge is -2.35. The van der Waals surface area contributed by atoms with Crippen LogP contribution >= 0.6 is 24.0 Å². The molecule has 2 heterocycles. The van der Waals surface area contributed by atoms with Crippen LogP contribution in [0.1, 0.15) is 51.7 Å². The van der Waals surface area contributed by atoms with Gasteiger partial charge in [0.15, 0.2) is 5.96 Å². The first kappa shape index (κ1) is 24.0. The monoisotopic (exact) mass is 511 g/mol. The molecule has 29 heavy (non-hydrogen) atoms. The molecule has 0 atom stereocenters. The van der Waals surface area contributed by atoms with Crippen LogP contribution in [0.25, 0.3) is 10.9 Å². The highest BCUT2D eigenvalue weighted by Gasteiger charge is 2.21. The van der Waals surface area contributed by atoms with Gasteiger partial charge in [-0.05, 0) is 57.6 Å². The number of nitrogens with one attached hydrogen (secondary N) is 3. The van der Waals surface area contributed by atoms with E-state index in [1.165, 1.54) is 48.0 Å². The lowest BCUT2D eigenvalue weighted by Crippen LogP contribution is -2.49. The van der Waals surface area contributed by atoms with Gasteiger partial charge >= 0.3 is 0 Å². The van der Waals surface area contributed by atoms with Crippen molar-refractivity contribution in [2.24, 2.45) is 4.99 Å². The van der Waals surface area contributed by atoms with Crippen molar-refractivity contribution in [2.45, 2.75) is 65.5 Å². The predicted octanol–water partition coefficient (Wildman–Crippen LogP) is 4.32. The van der Waals surface area contributed by atoms with Gasteiger partial charge in [-0.15, -0.1) is 24.0 Å². The number of hydrogen-bond donors (Lipinski definition) is 3. The van der Waals surface area contributed by atoms with E-state index in [-0.39, 0.29) is 24.0 Å². The summed E-state index contributed by atoms with van der Waals surface area (Å²) in [7, 11) is 0. The SMILES string of the molecule is CCNC(=NCCc1c[nH]c2c(CC)cccc12)NC1CCN(C(C)C)CC1.I.